The van der Waals surface area contributed by atoms with E-state index in [2.05, 4.69) is 25.2 Å². The summed E-state index contributed by atoms with van der Waals surface area (Å²) in [5.41, 5.74) is 7.87. The third-order valence-electron chi connectivity index (χ3n) is 5.37. The Bertz CT molecular complexity index is 1030. The van der Waals surface area contributed by atoms with Crippen molar-refractivity contribution in [2.45, 2.75) is 31.7 Å². The summed E-state index contributed by atoms with van der Waals surface area (Å²) in [5, 5.41) is 7.22. The largest absolute Gasteiger partial charge is 0.383 e. The monoisotopic (exact) mass is 444 g/mol. The van der Waals surface area contributed by atoms with Crippen LogP contribution in [0.5, 0.6) is 0 Å². The number of hydrogen-bond acceptors (Lipinski definition) is 7. The number of aromatic nitrogens is 4. The number of nitrogens with one attached hydrogen (secondary N) is 2. The Morgan fingerprint density at radius 1 is 1.23 bits per heavy atom. The SMILES string of the molecule is CN(C)C(=O)c1cc2cnc(Nc3ccc(NCCN)cn3)nc2n1C1CCCC1.Cl. The summed E-state index contributed by atoms with van der Waals surface area (Å²) in [5.74, 6) is 1.09. The Hall–Kier alpha value is -2.91. The fourth-order valence-electron chi connectivity index (χ4n) is 3.90. The first-order valence-corrected chi connectivity index (χ1v) is 10.3. The predicted molar refractivity (Wildman–Crippen MR) is 125 cm³/mol. The van der Waals surface area contributed by atoms with Crippen LogP contribution in [0.2, 0.25) is 0 Å². The fourth-order valence-corrected chi connectivity index (χ4v) is 3.90. The highest BCUT2D eigenvalue weighted by atomic mass is 35.5. The van der Waals surface area contributed by atoms with Gasteiger partial charge in [-0.15, -0.1) is 12.4 Å². The molecule has 0 saturated heterocycles. The third-order valence-corrected chi connectivity index (χ3v) is 5.37. The van der Waals surface area contributed by atoms with Gasteiger partial charge in [0.15, 0.2) is 0 Å². The number of halogens is 1. The molecule has 9 nitrogen and oxygen atoms in total. The number of nitrogens with two attached hydrogens (primary N) is 1. The molecule has 0 radical (unpaired) electrons. The number of fused-ring (bicyclic) bond motifs is 1. The molecule has 0 atom stereocenters. The van der Waals surface area contributed by atoms with Gasteiger partial charge in [0.1, 0.15) is 17.2 Å². The molecule has 0 aromatic carbocycles. The number of rotatable bonds is 7. The maximum Gasteiger partial charge on any atom is 0.270 e. The van der Waals surface area contributed by atoms with Gasteiger partial charge in [-0.2, -0.15) is 4.98 Å². The van der Waals surface area contributed by atoms with Crippen molar-refractivity contribution in [1.29, 1.82) is 0 Å². The molecule has 0 unspecified atom stereocenters. The van der Waals surface area contributed by atoms with Gasteiger partial charge in [-0.05, 0) is 31.0 Å². The Labute approximate surface area is 187 Å². The fraction of sp³-hybridized carbons (Fsp3) is 0.429. The van der Waals surface area contributed by atoms with Gasteiger partial charge in [-0.3, -0.25) is 4.79 Å². The topological polar surface area (TPSA) is 114 Å². The van der Waals surface area contributed by atoms with E-state index in [4.69, 9.17) is 10.7 Å². The summed E-state index contributed by atoms with van der Waals surface area (Å²) < 4.78 is 2.10. The van der Waals surface area contributed by atoms with E-state index in [9.17, 15) is 4.79 Å². The standard InChI is InChI=1S/C21H28N8O.ClH/c1-28(2)20(30)17-11-14-12-25-21(27-19(14)29(17)16-5-3-4-6-16)26-18-8-7-15(13-24-18)23-10-9-22;/h7-8,11-13,16,23H,3-6,9-10,22H2,1-2H3,(H,24,25,26,27);1H. The highest BCUT2D eigenvalue weighted by Crippen LogP contribution is 2.34. The van der Waals surface area contributed by atoms with Crippen molar-refractivity contribution >= 4 is 46.8 Å². The van der Waals surface area contributed by atoms with Crippen LogP contribution >= 0.6 is 12.4 Å². The van der Waals surface area contributed by atoms with Crippen molar-refractivity contribution in [3.8, 4) is 0 Å². The van der Waals surface area contributed by atoms with E-state index >= 15 is 0 Å². The average Bonchev–Trinajstić information content (AvgIpc) is 3.39. The molecule has 1 amide bonds. The van der Waals surface area contributed by atoms with Crippen LogP contribution in [-0.2, 0) is 0 Å². The summed E-state index contributed by atoms with van der Waals surface area (Å²) in [6, 6.07) is 5.98. The minimum Gasteiger partial charge on any atom is -0.383 e. The van der Waals surface area contributed by atoms with E-state index in [1.807, 2.05) is 18.2 Å². The molecule has 1 saturated carbocycles. The second kappa shape index (κ2) is 9.93. The van der Waals surface area contributed by atoms with Crippen molar-refractivity contribution in [1.82, 2.24) is 24.4 Å². The van der Waals surface area contributed by atoms with E-state index in [1.54, 1.807) is 31.4 Å². The Morgan fingerprint density at radius 2 is 2.00 bits per heavy atom. The highest BCUT2D eigenvalue weighted by molar-refractivity contribution is 5.97. The molecule has 31 heavy (non-hydrogen) atoms. The van der Waals surface area contributed by atoms with E-state index < -0.39 is 0 Å². The van der Waals surface area contributed by atoms with Gasteiger partial charge in [0, 0.05) is 44.8 Å². The first-order chi connectivity index (χ1) is 14.6. The Kier molecular flexibility index (Phi) is 7.29. The number of carbonyl (C=O) groups is 1. The van der Waals surface area contributed by atoms with E-state index in [0.29, 0.717) is 30.5 Å². The van der Waals surface area contributed by atoms with Crippen LogP contribution in [0.25, 0.3) is 11.0 Å². The van der Waals surface area contributed by atoms with E-state index in [-0.39, 0.29) is 24.4 Å². The molecule has 3 heterocycles. The molecule has 3 aromatic rings. The summed E-state index contributed by atoms with van der Waals surface area (Å²) in [7, 11) is 3.55. The van der Waals surface area contributed by atoms with Gasteiger partial charge in [-0.1, -0.05) is 12.8 Å². The maximum atomic E-state index is 12.8. The van der Waals surface area contributed by atoms with Crippen molar-refractivity contribution in [2.75, 3.05) is 37.8 Å². The van der Waals surface area contributed by atoms with E-state index in [0.717, 1.165) is 29.6 Å². The van der Waals surface area contributed by atoms with Gasteiger partial charge in [-0.25, -0.2) is 9.97 Å². The van der Waals surface area contributed by atoms with Crippen LogP contribution in [0.1, 0.15) is 42.2 Å². The summed E-state index contributed by atoms with van der Waals surface area (Å²) in [4.78, 5) is 28.0. The molecule has 0 bridgehead atoms. The second-order valence-electron chi connectivity index (χ2n) is 7.78. The smallest absolute Gasteiger partial charge is 0.270 e. The number of carbonyl (C=O) groups excluding carboxylic acids is 1. The summed E-state index contributed by atoms with van der Waals surface area (Å²) in [6.45, 7) is 1.26. The lowest BCUT2D eigenvalue weighted by Gasteiger charge is -2.19. The molecule has 4 rings (SSSR count). The van der Waals surface area contributed by atoms with E-state index in [1.165, 1.54) is 12.8 Å². The van der Waals surface area contributed by atoms with Crippen LogP contribution in [0.4, 0.5) is 17.5 Å². The van der Waals surface area contributed by atoms with Gasteiger partial charge < -0.3 is 25.8 Å². The quantitative estimate of drug-likeness (QED) is 0.512. The van der Waals surface area contributed by atoms with Crippen molar-refractivity contribution in [3.63, 3.8) is 0 Å². The molecular formula is C21H29ClN8O. The predicted octanol–water partition coefficient (Wildman–Crippen LogP) is 3.18. The second-order valence-corrected chi connectivity index (χ2v) is 7.78. The van der Waals surface area contributed by atoms with Gasteiger partial charge in [0.05, 0.1) is 11.9 Å². The van der Waals surface area contributed by atoms with Crippen LogP contribution < -0.4 is 16.4 Å². The summed E-state index contributed by atoms with van der Waals surface area (Å²) in [6.07, 6.45) is 7.96. The molecule has 10 heteroatoms. The minimum absolute atomic E-state index is 0. The Morgan fingerprint density at radius 3 is 2.65 bits per heavy atom. The highest BCUT2D eigenvalue weighted by Gasteiger charge is 2.26. The lowest BCUT2D eigenvalue weighted by molar-refractivity contribution is 0.0815. The molecule has 4 N–H and O–H groups in total. The van der Waals surface area contributed by atoms with Gasteiger partial charge in [0.2, 0.25) is 5.95 Å². The number of anilines is 3. The average molecular weight is 445 g/mol. The minimum atomic E-state index is -0.0170. The number of amides is 1. The Balaban J connectivity index is 0.00000272. The lowest BCUT2D eigenvalue weighted by atomic mass is 10.2. The molecule has 1 aliphatic rings. The van der Waals surface area contributed by atoms with Gasteiger partial charge in [0.25, 0.3) is 5.91 Å². The third kappa shape index (κ3) is 4.88. The van der Waals surface area contributed by atoms with Crippen molar-refractivity contribution in [3.05, 3.63) is 36.3 Å². The number of nitrogens with zero attached hydrogens (tertiary/aromatic N) is 5. The van der Waals surface area contributed by atoms with Crippen LogP contribution in [0.15, 0.2) is 30.6 Å². The van der Waals surface area contributed by atoms with Crippen LogP contribution in [0.3, 0.4) is 0 Å². The molecule has 1 aliphatic carbocycles. The zero-order valence-corrected chi connectivity index (χ0v) is 18.7. The first-order valence-electron chi connectivity index (χ1n) is 10.3. The molecule has 166 valence electrons. The van der Waals surface area contributed by atoms with Crippen molar-refractivity contribution < 1.29 is 4.79 Å². The first kappa shape index (κ1) is 22.8. The zero-order chi connectivity index (χ0) is 21.1. The molecule has 1 fully saturated rings. The molecular weight excluding hydrogens is 416 g/mol. The molecule has 3 aromatic heterocycles. The lowest BCUT2D eigenvalue weighted by Crippen LogP contribution is -2.25. The van der Waals surface area contributed by atoms with Crippen molar-refractivity contribution in [2.24, 2.45) is 5.73 Å². The van der Waals surface area contributed by atoms with Gasteiger partial charge >= 0.3 is 0 Å². The normalized spacial score (nSPS) is 13.8. The molecule has 0 aliphatic heterocycles. The zero-order valence-electron chi connectivity index (χ0n) is 17.8. The maximum absolute atomic E-state index is 12.8. The van der Waals surface area contributed by atoms with Crippen LogP contribution in [0, 0.1) is 0 Å². The number of pyridine rings is 1. The number of hydrogen-bond donors (Lipinski definition) is 3. The molecule has 0 spiro atoms. The summed E-state index contributed by atoms with van der Waals surface area (Å²) >= 11 is 0. The van der Waals surface area contributed by atoms with Crippen LogP contribution in [-0.4, -0.2) is 57.5 Å².